The predicted octanol–water partition coefficient (Wildman–Crippen LogP) is 2.69. The van der Waals surface area contributed by atoms with Crippen LogP contribution in [0.25, 0.3) is 0 Å². The second kappa shape index (κ2) is 7.80. The molecule has 0 amide bonds. The highest BCUT2D eigenvalue weighted by molar-refractivity contribution is 4.72. The van der Waals surface area contributed by atoms with Crippen LogP contribution < -0.4 is 5.32 Å². The van der Waals surface area contributed by atoms with Crippen LogP contribution in [0.2, 0.25) is 0 Å². The summed E-state index contributed by atoms with van der Waals surface area (Å²) in [6.45, 7) is 13.1. The molecule has 1 unspecified atom stereocenters. The van der Waals surface area contributed by atoms with Crippen LogP contribution in [0.15, 0.2) is 13.2 Å². The summed E-state index contributed by atoms with van der Waals surface area (Å²) in [6.07, 6.45) is 1.39. The van der Waals surface area contributed by atoms with Crippen LogP contribution in [0.5, 0.6) is 0 Å². The summed E-state index contributed by atoms with van der Waals surface area (Å²) >= 11 is 0. The SMILES string of the molecule is C.C=C.CC(C)C1CCNC1. The zero-order valence-electron chi connectivity index (χ0n) is 7.19. The highest BCUT2D eigenvalue weighted by atomic mass is 14.9. The lowest BCUT2D eigenvalue weighted by molar-refractivity contribution is 0.419. The van der Waals surface area contributed by atoms with Crippen molar-refractivity contribution in [3.8, 4) is 0 Å². The molecule has 1 aliphatic heterocycles. The molecule has 0 aliphatic carbocycles. The van der Waals surface area contributed by atoms with Crippen LogP contribution in [0.3, 0.4) is 0 Å². The fraction of sp³-hybridized carbons (Fsp3) is 0.800. The Morgan fingerprint density at radius 2 is 1.91 bits per heavy atom. The third-order valence-electron chi connectivity index (χ3n) is 2.04. The molecule has 1 rings (SSSR count). The summed E-state index contributed by atoms with van der Waals surface area (Å²) in [5.41, 5.74) is 0. The van der Waals surface area contributed by atoms with Crippen molar-refractivity contribution in [2.24, 2.45) is 11.8 Å². The van der Waals surface area contributed by atoms with Crippen LogP contribution in [0, 0.1) is 11.8 Å². The third-order valence-corrected chi connectivity index (χ3v) is 2.04. The number of nitrogens with one attached hydrogen (secondary N) is 1. The van der Waals surface area contributed by atoms with E-state index in [9.17, 15) is 0 Å². The van der Waals surface area contributed by atoms with Crippen molar-refractivity contribution in [3.05, 3.63) is 13.2 Å². The van der Waals surface area contributed by atoms with Crippen LogP contribution >= 0.6 is 0 Å². The van der Waals surface area contributed by atoms with Gasteiger partial charge in [0.25, 0.3) is 0 Å². The van der Waals surface area contributed by atoms with Gasteiger partial charge in [-0.3, -0.25) is 0 Å². The van der Waals surface area contributed by atoms with Crippen molar-refractivity contribution in [1.82, 2.24) is 5.32 Å². The van der Waals surface area contributed by atoms with Crippen LogP contribution in [-0.4, -0.2) is 13.1 Å². The van der Waals surface area contributed by atoms with Crippen molar-refractivity contribution in [2.75, 3.05) is 13.1 Å². The summed E-state index contributed by atoms with van der Waals surface area (Å²) in [5, 5.41) is 3.35. The summed E-state index contributed by atoms with van der Waals surface area (Å²) in [4.78, 5) is 0. The van der Waals surface area contributed by atoms with Gasteiger partial charge in [0.05, 0.1) is 0 Å². The van der Waals surface area contributed by atoms with E-state index in [2.05, 4.69) is 32.3 Å². The van der Waals surface area contributed by atoms with E-state index in [1.165, 1.54) is 19.5 Å². The molecular formula is C10H23N. The van der Waals surface area contributed by atoms with E-state index in [1.54, 1.807) is 0 Å². The molecule has 0 radical (unpaired) electrons. The van der Waals surface area contributed by atoms with Crippen LogP contribution in [0.4, 0.5) is 0 Å². The molecule has 1 N–H and O–H groups in total. The van der Waals surface area contributed by atoms with Gasteiger partial charge in [0, 0.05) is 0 Å². The Labute approximate surface area is 71.9 Å². The average molecular weight is 157 g/mol. The van der Waals surface area contributed by atoms with Crippen molar-refractivity contribution < 1.29 is 0 Å². The monoisotopic (exact) mass is 157 g/mol. The van der Waals surface area contributed by atoms with E-state index in [0.29, 0.717) is 0 Å². The lowest BCUT2D eigenvalue weighted by Crippen LogP contribution is -2.12. The smallest absolute Gasteiger partial charge is 0.00176 e. The van der Waals surface area contributed by atoms with Gasteiger partial charge in [0.2, 0.25) is 0 Å². The quantitative estimate of drug-likeness (QED) is 0.577. The second-order valence-corrected chi connectivity index (χ2v) is 3.00. The minimum Gasteiger partial charge on any atom is -0.316 e. The molecule has 1 heteroatoms. The zero-order valence-corrected chi connectivity index (χ0v) is 7.19. The van der Waals surface area contributed by atoms with Crippen molar-refractivity contribution in [3.63, 3.8) is 0 Å². The lowest BCUT2D eigenvalue weighted by Gasteiger charge is -2.10. The van der Waals surface area contributed by atoms with Crippen molar-refractivity contribution in [2.45, 2.75) is 27.7 Å². The van der Waals surface area contributed by atoms with Gasteiger partial charge in [-0.25, -0.2) is 0 Å². The number of rotatable bonds is 1. The minimum atomic E-state index is 0. The normalized spacial score (nSPS) is 21.9. The first-order chi connectivity index (χ1) is 4.80. The van der Waals surface area contributed by atoms with E-state index < -0.39 is 0 Å². The Balaban J connectivity index is 0. The minimum absolute atomic E-state index is 0. The molecule has 1 heterocycles. The molecule has 1 nitrogen and oxygen atoms in total. The molecule has 0 aromatic carbocycles. The summed E-state index contributed by atoms with van der Waals surface area (Å²) in [7, 11) is 0. The van der Waals surface area contributed by atoms with E-state index in [0.717, 1.165) is 11.8 Å². The largest absolute Gasteiger partial charge is 0.316 e. The Morgan fingerprint density at radius 1 is 1.36 bits per heavy atom. The molecule has 0 spiro atoms. The van der Waals surface area contributed by atoms with Gasteiger partial charge in [0.15, 0.2) is 0 Å². The number of hydrogen-bond donors (Lipinski definition) is 1. The molecule has 0 aromatic rings. The first kappa shape index (κ1) is 13.3. The molecule has 1 atom stereocenters. The topological polar surface area (TPSA) is 12.0 Å². The van der Waals surface area contributed by atoms with Gasteiger partial charge in [-0.2, -0.15) is 0 Å². The molecule has 0 bridgehead atoms. The maximum atomic E-state index is 3.35. The summed E-state index contributed by atoms with van der Waals surface area (Å²) in [6, 6.07) is 0. The second-order valence-electron chi connectivity index (χ2n) is 3.00. The van der Waals surface area contributed by atoms with E-state index in [1.807, 2.05) is 0 Å². The van der Waals surface area contributed by atoms with E-state index in [-0.39, 0.29) is 7.43 Å². The zero-order chi connectivity index (χ0) is 7.98. The molecule has 11 heavy (non-hydrogen) atoms. The molecule has 68 valence electrons. The fourth-order valence-corrected chi connectivity index (χ4v) is 1.25. The highest BCUT2D eigenvalue weighted by Gasteiger charge is 2.16. The Hall–Kier alpha value is -0.300. The maximum Gasteiger partial charge on any atom is -0.00176 e. The van der Waals surface area contributed by atoms with Crippen molar-refractivity contribution >= 4 is 0 Å². The summed E-state index contributed by atoms with van der Waals surface area (Å²) < 4.78 is 0. The standard InChI is InChI=1S/C7H15N.C2H4.CH4/c1-6(2)7-3-4-8-5-7;1-2;/h6-8H,3-5H2,1-2H3;1-2H2;1H4. The molecule has 0 aromatic heterocycles. The van der Waals surface area contributed by atoms with Gasteiger partial charge < -0.3 is 5.32 Å². The van der Waals surface area contributed by atoms with Crippen LogP contribution in [-0.2, 0) is 0 Å². The van der Waals surface area contributed by atoms with Gasteiger partial charge in [-0.15, -0.1) is 13.2 Å². The predicted molar refractivity (Wildman–Crippen MR) is 53.8 cm³/mol. The Bertz CT molecular complexity index is 72.9. The Morgan fingerprint density at radius 3 is 2.09 bits per heavy atom. The first-order valence-corrected chi connectivity index (χ1v) is 4.01. The van der Waals surface area contributed by atoms with E-state index in [4.69, 9.17) is 0 Å². The van der Waals surface area contributed by atoms with Crippen LogP contribution in [0.1, 0.15) is 27.7 Å². The third kappa shape index (κ3) is 5.02. The molecule has 1 fully saturated rings. The number of hydrogen-bond acceptors (Lipinski definition) is 1. The van der Waals surface area contributed by atoms with Gasteiger partial charge >= 0.3 is 0 Å². The average Bonchev–Trinajstić information content (AvgIpc) is 2.42. The molecular weight excluding hydrogens is 134 g/mol. The van der Waals surface area contributed by atoms with Gasteiger partial charge in [-0.1, -0.05) is 21.3 Å². The van der Waals surface area contributed by atoms with E-state index >= 15 is 0 Å². The molecule has 1 aliphatic rings. The fourth-order valence-electron chi connectivity index (χ4n) is 1.25. The molecule has 1 saturated heterocycles. The molecule has 0 saturated carbocycles. The highest BCUT2D eigenvalue weighted by Crippen LogP contribution is 2.16. The lowest BCUT2D eigenvalue weighted by atomic mass is 9.96. The maximum absolute atomic E-state index is 3.35. The Kier molecular flexibility index (Phi) is 9.44. The summed E-state index contributed by atoms with van der Waals surface area (Å²) in [5.74, 6) is 1.83. The van der Waals surface area contributed by atoms with Gasteiger partial charge in [0.1, 0.15) is 0 Å². The van der Waals surface area contributed by atoms with Crippen molar-refractivity contribution in [1.29, 1.82) is 0 Å². The first-order valence-electron chi connectivity index (χ1n) is 4.01. The van der Waals surface area contributed by atoms with Gasteiger partial charge in [-0.05, 0) is 31.3 Å².